The number of aryl methyl sites for hydroxylation is 1. The van der Waals surface area contributed by atoms with E-state index in [1.807, 2.05) is 25.1 Å². The average molecular weight is 240 g/mol. The van der Waals surface area contributed by atoms with Gasteiger partial charge in [0.2, 0.25) is 0 Å². The van der Waals surface area contributed by atoms with Crippen LogP contribution in [-0.2, 0) is 6.54 Å². The highest BCUT2D eigenvalue weighted by Crippen LogP contribution is 2.17. The lowest BCUT2D eigenvalue weighted by Gasteiger charge is -2.02. The second-order valence-corrected chi connectivity index (χ2v) is 3.49. The summed E-state index contributed by atoms with van der Waals surface area (Å²) in [6.45, 7) is 2.34. The van der Waals surface area contributed by atoms with Gasteiger partial charge in [-0.05, 0) is 24.6 Å². The Hall–Kier alpha value is -1.23. The van der Waals surface area contributed by atoms with E-state index in [-0.39, 0.29) is 0 Å². The number of aliphatic hydroxyl groups excluding tert-OH is 1. The number of halogens is 1. The number of hydrogen-bond acceptors (Lipinski definition) is 4. The van der Waals surface area contributed by atoms with Crippen LogP contribution < -0.4 is 5.73 Å². The fraction of sp³-hybridized carbons (Fsp3) is 0.273. The van der Waals surface area contributed by atoms with Crippen molar-refractivity contribution in [2.24, 2.45) is 5.73 Å². The Morgan fingerprint density at radius 2 is 1.94 bits per heavy atom. The van der Waals surface area contributed by atoms with Crippen LogP contribution in [0.3, 0.4) is 0 Å². The van der Waals surface area contributed by atoms with Gasteiger partial charge in [0.15, 0.2) is 5.15 Å². The molecule has 0 spiro atoms. The summed E-state index contributed by atoms with van der Waals surface area (Å²) in [5.41, 5.74) is 8.96. The molecule has 1 aromatic carbocycles. The summed E-state index contributed by atoms with van der Waals surface area (Å²) in [5, 5.41) is 7.45. The topological polar surface area (TPSA) is 72.0 Å². The summed E-state index contributed by atoms with van der Waals surface area (Å²) in [7, 11) is 1.00. The van der Waals surface area contributed by atoms with Crippen LogP contribution in [-0.4, -0.2) is 22.2 Å². The molecule has 0 atom stereocenters. The summed E-state index contributed by atoms with van der Waals surface area (Å²) < 4.78 is 0. The maximum atomic E-state index is 7.00. The minimum atomic E-state index is 0.451. The van der Waals surface area contributed by atoms with Gasteiger partial charge in [0.1, 0.15) is 0 Å². The predicted molar refractivity (Wildman–Crippen MR) is 65.3 cm³/mol. The molecule has 5 heteroatoms. The zero-order valence-electron chi connectivity index (χ0n) is 9.24. The van der Waals surface area contributed by atoms with Gasteiger partial charge in [-0.3, -0.25) is 0 Å². The number of nitrogens with two attached hydrogens (primary N) is 1. The molecule has 0 unspecified atom stereocenters. The summed E-state index contributed by atoms with van der Waals surface area (Å²) in [6.07, 6.45) is 0. The quantitative estimate of drug-likeness (QED) is 0.794. The molecule has 0 radical (unpaired) electrons. The van der Waals surface area contributed by atoms with Crippen molar-refractivity contribution in [1.82, 2.24) is 9.97 Å². The Labute approximate surface area is 99.1 Å². The number of hydrogen-bond donors (Lipinski definition) is 2. The van der Waals surface area contributed by atoms with E-state index in [0.717, 1.165) is 29.4 Å². The molecule has 1 aromatic heterocycles. The van der Waals surface area contributed by atoms with Gasteiger partial charge in [0, 0.05) is 13.7 Å². The number of aliphatic hydroxyl groups is 1. The molecule has 0 aliphatic carbocycles. The van der Waals surface area contributed by atoms with E-state index in [4.69, 9.17) is 22.4 Å². The molecule has 0 amide bonds. The van der Waals surface area contributed by atoms with Crippen LogP contribution in [0.25, 0.3) is 11.0 Å². The van der Waals surface area contributed by atoms with E-state index < -0.39 is 0 Å². The van der Waals surface area contributed by atoms with E-state index >= 15 is 0 Å². The molecule has 4 nitrogen and oxygen atoms in total. The van der Waals surface area contributed by atoms with Crippen LogP contribution in [0.15, 0.2) is 18.2 Å². The summed E-state index contributed by atoms with van der Waals surface area (Å²) >= 11 is 5.88. The lowest BCUT2D eigenvalue weighted by atomic mass is 10.2. The third-order valence-corrected chi connectivity index (χ3v) is 2.44. The predicted octanol–water partition coefficient (Wildman–Crippen LogP) is 1.66. The Morgan fingerprint density at radius 3 is 2.56 bits per heavy atom. The van der Waals surface area contributed by atoms with Gasteiger partial charge in [0.25, 0.3) is 0 Å². The van der Waals surface area contributed by atoms with E-state index in [1.54, 1.807) is 0 Å². The maximum Gasteiger partial charge on any atom is 0.150 e. The monoisotopic (exact) mass is 239 g/mol. The second-order valence-electron chi connectivity index (χ2n) is 3.13. The smallest absolute Gasteiger partial charge is 0.150 e. The van der Waals surface area contributed by atoms with Gasteiger partial charge in [-0.2, -0.15) is 0 Å². The first-order valence-corrected chi connectivity index (χ1v) is 5.16. The van der Waals surface area contributed by atoms with Gasteiger partial charge in [-0.15, -0.1) is 0 Å². The largest absolute Gasteiger partial charge is 0.400 e. The minimum absolute atomic E-state index is 0.451. The van der Waals surface area contributed by atoms with Crippen LogP contribution in [0.4, 0.5) is 0 Å². The Bertz CT molecular complexity index is 488. The molecule has 1 heterocycles. The molecular weight excluding hydrogens is 226 g/mol. The normalized spacial score (nSPS) is 9.81. The standard InChI is InChI=1S/C10H10ClN3.CH4O/c1-6-10(11)14-9-4-7(5-12)2-3-8(9)13-6;1-2/h2-4H,5,12H2,1H3;2H,1H3. The lowest BCUT2D eigenvalue weighted by molar-refractivity contribution is 0.399. The zero-order valence-corrected chi connectivity index (χ0v) is 9.99. The molecule has 0 bridgehead atoms. The maximum absolute atomic E-state index is 7.00. The van der Waals surface area contributed by atoms with Crippen molar-refractivity contribution < 1.29 is 5.11 Å². The number of rotatable bonds is 1. The van der Waals surface area contributed by atoms with Gasteiger partial charge < -0.3 is 10.8 Å². The Balaban J connectivity index is 0.000000606. The van der Waals surface area contributed by atoms with Crippen molar-refractivity contribution in [2.45, 2.75) is 13.5 Å². The molecule has 0 saturated carbocycles. The van der Waals surface area contributed by atoms with E-state index in [9.17, 15) is 0 Å². The lowest BCUT2D eigenvalue weighted by Crippen LogP contribution is -1.97. The van der Waals surface area contributed by atoms with Gasteiger partial charge >= 0.3 is 0 Å². The zero-order chi connectivity index (χ0) is 12.1. The van der Waals surface area contributed by atoms with Crippen molar-refractivity contribution in [3.05, 3.63) is 34.6 Å². The van der Waals surface area contributed by atoms with Crippen LogP contribution in [0, 0.1) is 6.92 Å². The molecule has 3 N–H and O–H groups in total. The van der Waals surface area contributed by atoms with Crippen molar-refractivity contribution in [3.8, 4) is 0 Å². The van der Waals surface area contributed by atoms with Crippen molar-refractivity contribution >= 4 is 22.6 Å². The molecule has 0 saturated heterocycles. The molecular formula is C11H14ClN3O. The van der Waals surface area contributed by atoms with E-state index in [1.165, 1.54) is 0 Å². The van der Waals surface area contributed by atoms with Crippen LogP contribution >= 0.6 is 11.6 Å². The van der Waals surface area contributed by atoms with Gasteiger partial charge in [-0.25, -0.2) is 9.97 Å². The van der Waals surface area contributed by atoms with E-state index in [2.05, 4.69) is 9.97 Å². The summed E-state index contributed by atoms with van der Waals surface area (Å²) in [4.78, 5) is 8.55. The Kier molecular flexibility index (Phi) is 4.61. The molecule has 2 aromatic rings. The molecule has 0 aliphatic heterocycles. The fourth-order valence-corrected chi connectivity index (χ4v) is 1.43. The highest BCUT2D eigenvalue weighted by molar-refractivity contribution is 6.30. The highest BCUT2D eigenvalue weighted by atomic mass is 35.5. The van der Waals surface area contributed by atoms with Crippen LogP contribution in [0.2, 0.25) is 5.15 Å². The van der Waals surface area contributed by atoms with E-state index in [0.29, 0.717) is 11.7 Å². The molecule has 16 heavy (non-hydrogen) atoms. The van der Waals surface area contributed by atoms with Gasteiger partial charge in [-0.1, -0.05) is 17.7 Å². The number of fused-ring (bicyclic) bond motifs is 1. The number of benzene rings is 1. The average Bonchev–Trinajstić information content (AvgIpc) is 2.33. The van der Waals surface area contributed by atoms with Crippen molar-refractivity contribution in [1.29, 1.82) is 0 Å². The molecule has 86 valence electrons. The number of nitrogens with zero attached hydrogens (tertiary/aromatic N) is 2. The molecule has 0 fully saturated rings. The number of aromatic nitrogens is 2. The summed E-state index contributed by atoms with van der Waals surface area (Å²) in [5.74, 6) is 0. The third-order valence-electron chi connectivity index (χ3n) is 2.08. The SMILES string of the molecule is CO.Cc1nc2ccc(CN)cc2nc1Cl. The summed E-state index contributed by atoms with van der Waals surface area (Å²) in [6, 6.07) is 5.77. The Morgan fingerprint density at radius 1 is 1.25 bits per heavy atom. The second kappa shape index (κ2) is 5.75. The minimum Gasteiger partial charge on any atom is -0.400 e. The first-order valence-electron chi connectivity index (χ1n) is 4.78. The molecule has 2 rings (SSSR count). The van der Waals surface area contributed by atoms with Gasteiger partial charge in [0.05, 0.1) is 16.7 Å². The fourth-order valence-electron chi connectivity index (χ4n) is 1.29. The third kappa shape index (κ3) is 2.66. The van der Waals surface area contributed by atoms with Crippen molar-refractivity contribution in [2.75, 3.05) is 7.11 Å². The van der Waals surface area contributed by atoms with Crippen LogP contribution in [0.5, 0.6) is 0 Å². The first kappa shape index (κ1) is 12.8. The van der Waals surface area contributed by atoms with Crippen LogP contribution in [0.1, 0.15) is 11.3 Å². The van der Waals surface area contributed by atoms with Crippen molar-refractivity contribution in [3.63, 3.8) is 0 Å². The first-order chi connectivity index (χ1) is 7.70. The molecule has 0 aliphatic rings. The highest BCUT2D eigenvalue weighted by Gasteiger charge is 2.02.